The fraction of sp³-hybridized carbons (Fsp3) is 0.150. The minimum atomic E-state index is -0.572. The molecule has 4 rings (SSSR count). The van der Waals surface area contributed by atoms with Gasteiger partial charge >= 0.3 is 0 Å². The maximum absolute atomic E-state index is 13.0. The maximum atomic E-state index is 13.0. The zero-order chi connectivity index (χ0) is 19.8. The number of rotatable bonds is 4. The maximum Gasteiger partial charge on any atom is 0.261 e. The molecular formula is C20H16ClFN4OS. The molecule has 0 spiro atoms. The van der Waals surface area contributed by atoms with Crippen molar-refractivity contribution in [1.29, 1.82) is 0 Å². The van der Waals surface area contributed by atoms with E-state index in [9.17, 15) is 9.18 Å². The van der Waals surface area contributed by atoms with E-state index >= 15 is 0 Å². The van der Waals surface area contributed by atoms with Crippen molar-refractivity contribution in [3.8, 4) is 10.6 Å². The van der Waals surface area contributed by atoms with Gasteiger partial charge in [0.15, 0.2) is 0 Å². The number of nitrogen functional groups attached to an aromatic ring is 1. The van der Waals surface area contributed by atoms with Gasteiger partial charge in [0, 0.05) is 22.5 Å². The number of nitrogens with two attached hydrogens (primary N) is 1. The van der Waals surface area contributed by atoms with Crippen molar-refractivity contribution >= 4 is 39.5 Å². The predicted molar refractivity (Wildman–Crippen MR) is 112 cm³/mol. The van der Waals surface area contributed by atoms with E-state index in [0.29, 0.717) is 49.4 Å². The SMILES string of the molecule is Cc1nc2cc(-c3ncc(CF)s3)c(N)cc2c(=O)n1Cc1ccc(Cl)cc1. The molecule has 0 saturated carbocycles. The Hall–Kier alpha value is -2.77. The number of benzene rings is 2. The predicted octanol–water partition coefficient (Wildman–Crippen LogP) is 4.58. The van der Waals surface area contributed by atoms with Crippen molar-refractivity contribution in [3.63, 3.8) is 0 Å². The van der Waals surface area contributed by atoms with Crippen LogP contribution >= 0.6 is 22.9 Å². The molecule has 4 aromatic rings. The van der Waals surface area contributed by atoms with E-state index in [4.69, 9.17) is 17.3 Å². The van der Waals surface area contributed by atoms with E-state index < -0.39 is 6.67 Å². The molecule has 0 fully saturated rings. The molecule has 5 nitrogen and oxygen atoms in total. The molecule has 0 unspecified atom stereocenters. The highest BCUT2D eigenvalue weighted by atomic mass is 35.5. The van der Waals surface area contributed by atoms with Crippen molar-refractivity contribution in [2.45, 2.75) is 20.1 Å². The monoisotopic (exact) mass is 414 g/mol. The zero-order valence-corrected chi connectivity index (χ0v) is 16.5. The van der Waals surface area contributed by atoms with Gasteiger partial charge in [0.2, 0.25) is 0 Å². The minimum absolute atomic E-state index is 0.167. The van der Waals surface area contributed by atoms with E-state index in [2.05, 4.69) is 9.97 Å². The average Bonchev–Trinajstić information content (AvgIpc) is 3.16. The molecule has 2 N–H and O–H groups in total. The Labute approximate surface area is 169 Å². The highest BCUT2D eigenvalue weighted by molar-refractivity contribution is 7.15. The number of aromatic nitrogens is 3. The van der Waals surface area contributed by atoms with Crippen LogP contribution in [-0.2, 0) is 13.2 Å². The number of aryl methyl sites for hydroxylation is 1. The molecule has 2 heterocycles. The van der Waals surface area contributed by atoms with Crippen LogP contribution in [0.3, 0.4) is 0 Å². The first-order valence-electron chi connectivity index (χ1n) is 8.52. The van der Waals surface area contributed by atoms with Crippen LogP contribution in [0, 0.1) is 6.92 Å². The Balaban J connectivity index is 1.82. The molecule has 142 valence electrons. The van der Waals surface area contributed by atoms with E-state index in [-0.39, 0.29) is 5.56 Å². The first-order chi connectivity index (χ1) is 13.5. The molecule has 0 atom stereocenters. The van der Waals surface area contributed by atoms with Gasteiger partial charge in [-0.1, -0.05) is 23.7 Å². The number of anilines is 1. The standard InChI is InChI=1S/C20H16ClFN4OS/c1-11-25-18-7-15(19-24-9-14(8-22)28-19)17(23)6-16(18)20(27)26(11)10-12-2-4-13(21)5-3-12/h2-7,9H,8,10,23H2,1H3. The second-order valence-corrected chi connectivity index (χ2v) is 7.95. The number of hydrogen-bond donors (Lipinski definition) is 1. The third kappa shape index (κ3) is 3.39. The van der Waals surface area contributed by atoms with Crippen LogP contribution in [0.15, 0.2) is 47.4 Å². The van der Waals surface area contributed by atoms with Gasteiger partial charge in [-0.2, -0.15) is 0 Å². The van der Waals surface area contributed by atoms with Gasteiger partial charge in [-0.3, -0.25) is 9.36 Å². The van der Waals surface area contributed by atoms with Gasteiger partial charge in [0.1, 0.15) is 17.5 Å². The molecule has 0 bridgehead atoms. The summed E-state index contributed by atoms with van der Waals surface area (Å²) < 4.78 is 14.4. The van der Waals surface area contributed by atoms with E-state index in [1.165, 1.54) is 17.5 Å². The third-order valence-corrected chi connectivity index (χ3v) is 5.73. The number of thiazole rings is 1. The van der Waals surface area contributed by atoms with Gasteiger partial charge in [-0.25, -0.2) is 14.4 Å². The Morgan fingerprint density at radius 2 is 2.00 bits per heavy atom. The van der Waals surface area contributed by atoms with Crippen molar-refractivity contribution in [3.05, 3.63) is 74.2 Å². The van der Waals surface area contributed by atoms with Crippen molar-refractivity contribution in [2.75, 3.05) is 5.73 Å². The molecule has 0 saturated heterocycles. The molecule has 2 aromatic heterocycles. The van der Waals surface area contributed by atoms with E-state index in [1.807, 2.05) is 12.1 Å². The third-order valence-electron chi connectivity index (χ3n) is 4.49. The lowest BCUT2D eigenvalue weighted by atomic mass is 10.1. The second-order valence-electron chi connectivity index (χ2n) is 6.40. The topological polar surface area (TPSA) is 73.8 Å². The Bertz CT molecular complexity index is 1230. The van der Waals surface area contributed by atoms with Crippen LogP contribution in [0.5, 0.6) is 0 Å². The molecule has 0 aliphatic carbocycles. The Morgan fingerprint density at radius 1 is 1.25 bits per heavy atom. The minimum Gasteiger partial charge on any atom is -0.398 e. The first-order valence-corrected chi connectivity index (χ1v) is 9.72. The number of nitrogens with zero attached hydrogens (tertiary/aromatic N) is 3. The second kappa shape index (κ2) is 7.33. The van der Waals surface area contributed by atoms with Crippen LogP contribution in [0.2, 0.25) is 5.02 Å². The highest BCUT2D eigenvalue weighted by Crippen LogP contribution is 2.32. The summed E-state index contributed by atoms with van der Waals surface area (Å²) >= 11 is 7.16. The van der Waals surface area contributed by atoms with E-state index in [1.54, 1.807) is 35.8 Å². The van der Waals surface area contributed by atoms with Gasteiger partial charge in [0.25, 0.3) is 5.56 Å². The molecule has 0 amide bonds. The van der Waals surface area contributed by atoms with Crippen LogP contribution < -0.4 is 11.3 Å². The molecule has 0 aliphatic heterocycles. The van der Waals surface area contributed by atoms with Crippen LogP contribution in [0.1, 0.15) is 16.3 Å². The Kier molecular flexibility index (Phi) is 4.87. The molecule has 28 heavy (non-hydrogen) atoms. The lowest BCUT2D eigenvalue weighted by molar-refractivity contribution is 0.491. The summed E-state index contributed by atoms with van der Waals surface area (Å²) in [4.78, 5) is 22.4. The molecule has 0 aliphatic rings. The van der Waals surface area contributed by atoms with Crippen LogP contribution in [0.25, 0.3) is 21.5 Å². The lowest BCUT2D eigenvalue weighted by Gasteiger charge is -2.12. The fourth-order valence-corrected chi connectivity index (χ4v) is 3.96. The summed E-state index contributed by atoms with van der Waals surface area (Å²) in [6.45, 7) is 1.61. The molecule has 8 heteroatoms. The summed E-state index contributed by atoms with van der Waals surface area (Å²) in [5, 5.41) is 1.68. The number of halogens is 2. The number of hydrogen-bond acceptors (Lipinski definition) is 5. The van der Waals surface area contributed by atoms with Crippen molar-refractivity contribution < 1.29 is 4.39 Å². The normalized spacial score (nSPS) is 11.2. The van der Waals surface area contributed by atoms with Crippen LogP contribution in [-0.4, -0.2) is 14.5 Å². The van der Waals surface area contributed by atoms with Crippen LogP contribution in [0.4, 0.5) is 10.1 Å². The summed E-state index contributed by atoms with van der Waals surface area (Å²) in [6, 6.07) is 10.7. The molecule has 2 aromatic carbocycles. The van der Waals surface area contributed by atoms with Gasteiger partial charge < -0.3 is 5.73 Å². The lowest BCUT2D eigenvalue weighted by Crippen LogP contribution is -2.24. The first kappa shape index (κ1) is 18.6. The zero-order valence-electron chi connectivity index (χ0n) is 14.9. The average molecular weight is 415 g/mol. The summed E-state index contributed by atoms with van der Waals surface area (Å²) in [5.41, 5.74) is 8.56. The summed E-state index contributed by atoms with van der Waals surface area (Å²) in [6.07, 6.45) is 1.49. The fourth-order valence-electron chi connectivity index (χ4n) is 3.03. The quantitative estimate of drug-likeness (QED) is 0.496. The van der Waals surface area contributed by atoms with Gasteiger partial charge in [-0.15, -0.1) is 11.3 Å². The highest BCUT2D eigenvalue weighted by Gasteiger charge is 2.14. The van der Waals surface area contributed by atoms with Gasteiger partial charge in [-0.05, 0) is 36.8 Å². The van der Waals surface area contributed by atoms with Crippen molar-refractivity contribution in [2.24, 2.45) is 0 Å². The molecular weight excluding hydrogens is 399 g/mol. The smallest absolute Gasteiger partial charge is 0.261 e. The van der Waals surface area contributed by atoms with Gasteiger partial charge in [0.05, 0.1) is 22.3 Å². The molecule has 0 radical (unpaired) electrons. The Morgan fingerprint density at radius 3 is 2.68 bits per heavy atom. The van der Waals surface area contributed by atoms with Crippen molar-refractivity contribution in [1.82, 2.24) is 14.5 Å². The number of alkyl halides is 1. The largest absolute Gasteiger partial charge is 0.398 e. The van der Waals surface area contributed by atoms with E-state index in [0.717, 1.165) is 5.56 Å². The number of fused-ring (bicyclic) bond motifs is 1. The summed E-state index contributed by atoms with van der Waals surface area (Å²) in [7, 11) is 0. The summed E-state index contributed by atoms with van der Waals surface area (Å²) in [5.74, 6) is 0.590.